The molecule has 9 heteroatoms. The Morgan fingerprint density at radius 2 is 2.10 bits per heavy atom. The molecule has 0 radical (unpaired) electrons. The van der Waals surface area contributed by atoms with E-state index in [4.69, 9.17) is 5.73 Å². The molecular formula is C12H17N3O5S. The Morgan fingerprint density at radius 3 is 2.62 bits per heavy atom. The van der Waals surface area contributed by atoms with Crippen molar-refractivity contribution < 1.29 is 22.7 Å². The lowest BCUT2D eigenvalue weighted by atomic mass is 10.2. The van der Waals surface area contributed by atoms with Crippen molar-refractivity contribution in [2.24, 2.45) is 12.8 Å². The molecule has 8 nitrogen and oxygen atoms in total. The van der Waals surface area contributed by atoms with E-state index >= 15 is 0 Å². The fourth-order valence-electron chi connectivity index (χ4n) is 2.46. The van der Waals surface area contributed by atoms with Crippen LogP contribution in [0.25, 0.3) is 0 Å². The Hall–Kier alpha value is -1.87. The van der Waals surface area contributed by atoms with E-state index in [-0.39, 0.29) is 17.1 Å². The number of nitrogens with two attached hydrogens (primary N) is 1. The zero-order valence-electron chi connectivity index (χ0n) is 11.8. The SMILES string of the molecule is COC(=O)C1CCCN1S(=O)(=O)c1cc(C(N)=O)n(C)c1. The number of carbonyl (C=O) groups is 2. The molecule has 2 heterocycles. The minimum atomic E-state index is -3.87. The van der Waals surface area contributed by atoms with Crippen LogP contribution in [-0.4, -0.2) is 48.9 Å². The van der Waals surface area contributed by atoms with Gasteiger partial charge in [-0.15, -0.1) is 0 Å². The molecule has 1 aliphatic heterocycles. The molecule has 1 aliphatic rings. The second kappa shape index (κ2) is 5.49. The number of aryl methyl sites for hydroxylation is 1. The van der Waals surface area contributed by atoms with Crippen molar-refractivity contribution >= 4 is 21.9 Å². The number of ether oxygens (including phenoxy) is 1. The minimum Gasteiger partial charge on any atom is -0.468 e. The van der Waals surface area contributed by atoms with Crippen LogP contribution in [0.15, 0.2) is 17.2 Å². The van der Waals surface area contributed by atoms with Gasteiger partial charge in [0.1, 0.15) is 16.6 Å². The van der Waals surface area contributed by atoms with E-state index in [0.717, 1.165) is 4.31 Å². The van der Waals surface area contributed by atoms with Crippen LogP contribution in [-0.2, 0) is 26.6 Å². The number of rotatable bonds is 4. The van der Waals surface area contributed by atoms with Gasteiger partial charge in [-0.05, 0) is 18.9 Å². The summed E-state index contributed by atoms with van der Waals surface area (Å²) in [5, 5.41) is 0. The molecular weight excluding hydrogens is 298 g/mol. The monoisotopic (exact) mass is 315 g/mol. The van der Waals surface area contributed by atoms with E-state index in [1.54, 1.807) is 0 Å². The molecule has 1 aromatic rings. The van der Waals surface area contributed by atoms with Crippen molar-refractivity contribution in [2.45, 2.75) is 23.8 Å². The molecule has 1 fully saturated rings. The van der Waals surface area contributed by atoms with Crippen LogP contribution in [0.4, 0.5) is 0 Å². The van der Waals surface area contributed by atoms with E-state index in [9.17, 15) is 18.0 Å². The third-order valence-electron chi connectivity index (χ3n) is 3.52. The quantitative estimate of drug-likeness (QED) is 0.749. The lowest BCUT2D eigenvalue weighted by Crippen LogP contribution is -2.40. The summed E-state index contributed by atoms with van der Waals surface area (Å²) in [7, 11) is -1.12. The summed E-state index contributed by atoms with van der Waals surface area (Å²) in [5.41, 5.74) is 5.26. The Labute approximate surface area is 122 Å². The first kappa shape index (κ1) is 15.5. The fourth-order valence-corrected chi connectivity index (χ4v) is 4.17. The van der Waals surface area contributed by atoms with Gasteiger partial charge >= 0.3 is 5.97 Å². The summed E-state index contributed by atoms with van der Waals surface area (Å²) in [6, 6.07) is 0.391. The largest absolute Gasteiger partial charge is 0.468 e. The molecule has 1 amide bonds. The van der Waals surface area contributed by atoms with Gasteiger partial charge in [0, 0.05) is 19.8 Å². The first-order valence-corrected chi connectivity index (χ1v) is 7.79. The Balaban J connectivity index is 2.40. The highest BCUT2D eigenvalue weighted by Gasteiger charge is 2.40. The number of hydrogen-bond acceptors (Lipinski definition) is 5. The van der Waals surface area contributed by atoms with Crippen LogP contribution >= 0.6 is 0 Å². The molecule has 21 heavy (non-hydrogen) atoms. The van der Waals surface area contributed by atoms with Crippen molar-refractivity contribution in [3.63, 3.8) is 0 Å². The van der Waals surface area contributed by atoms with Crippen molar-refractivity contribution in [1.82, 2.24) is 8.87 Å². The van der Waals surface area contributed by atoms with Gasteiger partial charge in [-0.3, -0.25) is 9.59 Å². The van der Waals surface area contributed by atoms with E-state index < -0.39 is 27.9 Å². The van der Waals surface area contributed by atoms with Gasteiger partial charge in [-0.1, -0.05) is 0 Å². The first-order chi connectivity index (χ1) is 9.78. The third kappa shape index (κ3) is 2.66. The van der Waals surface area contributed by atoms with Gasteiger partial charge in [-0.25, -0.2) is 8.42 Å². The summed E-state index contributed by atoms with van der Waals surface area (Å²) in [4.78, 5) is 22.8. The number of aromatic nitrogens is 1. The average molecular weight is 315 g/mol. The van der Waals surface area contributed by atoms with Crippen molar-refractivity contribution in [2.75, 3.05) is 13.7 Å². The standard InChI is InChI=1S/C12H17N3O5S/c1-14-7-8(6-10(14)11(13)16)21(18,19)15-5-3-4-9(15)12(17)20-2/h6-7,9H,3-5H2,1-2H3,(H2,13,16). The zero-order chi connectivity index (χ0) is 15.8. The summed E-state index contributed by atoms with van der Waals surface area (Å²) < 4.78 is 32.3. The lowest BCUT2D eigenvalue weighted by Gasteiger charge is -2.21. The highest BCUT2D eigenvalue weighted by molar-refractivity contribution is 7.89. The normalized spacial score (nSPS) is 19.6. The van der Waals surface area contributed by atoms with Crippen LogP contribution in [0.2, 0.25) is 0 Å². The van der Waals surface area contributed by atoms with E-state index in [0.29, 0.717) is 12.8 Å². The number of hydrogen-bond donors (Lipinski definition) is 1. The Bertz CT molecular complexity index is 679. The summed E-state index contributed by atoms with van der Waals surface area (Å²) in [6.07, 6.45) is 2.30. The van der Waals surface area contributed by atoms with Crippen LogP contribution in [0.5, 0.6) is 0 Å². The van der Waals surface area contributed by atoms with Gasteiger partial charge in [0.15, 0.2) is 0 Å². The van der Waals surface area contributed by atoms with E-state index in [2.05, 4.69) is 4.74 Å². The van der Waals surface area contributed by atoms with Gasteiger partial charge in [0.05, 0.1) is 7.11 Å². The number of carbonyl (C=O) groups excluding carboxylic acids is 2. The van der Waals surface area contributed by atoms with E-state index in [1.165, 1.54) is 31.0 Å². The molecule has 0 saturated carbocycles. The average Bonchev–Trinajstić information content (AvgIpc) is 3.04. The van der Waals surface area contributed by atoms with Crippen LogP contribution in [0.3, 0.4) is 0 Å². The number of sulfonamides is 1. The number of methoxy groups -OCH3 is 1. The van der Waals surface area contributed by atoms with Crippen molar-refractivity contribution in [3.05, 3.63) is 18.0 Å². The molecule has 0 aromatic carbocycles. The molecule has 116 valence electrons. The molecule has 1 unspecified atom stereocenters. The van der Waals surface area contributed by atoms with Crippen LogP contribution in [0.1, 0.15) is 23.3 Å². The highest BCUT2D eigenvalue weighted by Crippen LogP contribution is 2.27. The maximum atomic E-state index is 12.6. The van der Waals surface area contributed by atoms with E-state index in [1.807, 2.05) is 0 Å². The molecule has 0 spiro atoms. The molecule has 2 rings (SSSR count). The zero-order valence-corrected chi connectivity index (χ0v) is 12.6. The van der Waals surface area contributed by atoms with Gasteiger partial charge < -0.3 is 15.0 Å². The highest BCUT2D eigenvalue weighted by atomic mass is 32.2. The summed E-state index contributed by atoms with van der Waals surface area (Å²) in [6.45, 7) is 0.239. The third-order valence-corrected chi connectivity index (χ3v) is 5.39. The fraction of sp³-hybridized carbons (Fsp3) is 0.500. The number of amides is 1. The second-order valence-electron chi connectivity index (χ2n) is 4.83. The molecule has 1 aromatic heterocycles. The van der Waals surface area contributed by atoms with Gasteiger partial charge in [0.25, 0.3) is 5.91 Å². The van der Waals surface area contributed by atoms with Gasteiger partial charge in [0.2, 0.25) is 10.0 Å². The number of esters is 1. The molecule has 0 aliphatic carbocycles. The molecule has 2 N–H and O–H groups in total. The molecule has 1 saturated heterocycles. The predicted molar refractivity (Wildman–Crippen MR) is 72.9 cm³/mol. The minimum absolute atomic E-state index is 0.0606. The summed E-state index contributed by atoms with van der Waals surface area (Å²) >= 11 is 0. The van der Waals surface area contributed by atoms with Crippen molar-refractivity contribution in [1.29, 1.82) is 0 Å². The molecule has 1 atom stereocenters. The smallest absolute Gasteiger partial charge is 0.324 e. The number of nitrogens with zero attached hydrogens (tertiary/aromatic N) is 2. The van der Waals surface area contributed by atoms with Gasteiger partial charge in [-0.2, -0.15) is 4.31 Å². The first-order valence-electron chi connectivity index (χ1n) is 6.35. The topological polar surface area (TPSA) is 112 Å². The van der Waals surface area contributed by atoms with Crippen molar-refractivity contribution in [3.8, 4) is 0 Å². The predicted octanol–water partition coefficient (Wildman–Crippen LogP) is -0.550. The van der Waals surface area contributed by atoms with Crippen LogP contribution in [0, 0.1) is 0 Å². The van der Waals surface area contributed by atoms with Crippen LogP contribution < -0.4 is 5.73 Å². The maximum Gasteiger partial charge on any atom is 0.324 e. The number of primary amides is 1. The lowest BCUT2D eigenvalue weighted by molar-refractivity contribution is -0.144. The Kier molecular flexibility index (Phi) is 4.06. The summed E-state index contributed by atoms with van der Waals surface area (Å²) in [5.74, 6) is -1.30. The molecule has 0 bridgehead atoms. The maximum absolute atomic E-state index is 12.6. The second-order valence-corrected chi connectivity index (χ2v) is 6.72. The Morgan fingerprint density at radius 1 is 1.43 bits per heavy atom.